The van der Waals surface area contributed by atoms with Gasteiger partial charge in [-0.3, -0.25) is 14.5 Å². The van der Waals surface area contributed by atoms with Crippen LogP contribution in [-0.2, 0) is 27.8 Å². The first-order valence-corrected chi connectivity index (χ1v) is 15.6. The van der Waals surface area contributed by atoms with Gasteiger partial charge in [-0.1, -0.05) is 32.0 Å². The van der Waals surface area contributed by atoms with Crippen molar-refractivity contribution in [2.75, 3.05) is 46.9 Å². The van der Waals surface area contributed by atoms with Crippen molar-refractivity contribution >= 4 is 21.8 Å². The molecule has 0 bridgehead atoms. The Morgan fingerprint density at radius 1 is 1.07 bits per heavy atom. The summed E-state index contributed by atoms with van der Waals surface area (Å²) in [5.74, 6) is 0.958. The van der Waals surface area contributed by atoms with E-state index in [0.717, 1.165) is 43.4 Å². The molecule has 0 aliphatic carbocycles. The first kappa shape index (κ1) is 31.6. The minimum atomic E-state index is -3.48. The lowest BCUT2D eigenvalue weighted by atomic mass is 10.0. The Hall–Kier alpha value is -2.95. The number of fused-ring (bicyclic) bond motifs is 1. The van der Waals surface area contributed by atoms with Crippen molar-refractivity contribution in [1.82, 2.24) is 19.8 Å². The topological polar surface area (TPSA) is 108 Å². The Bertz CT molecular complexity index is 1230. The van der Waals surface area contributed by atoms with Gasteiger partial charge in [0.1, 0.15) is 5.75 Å². The number of ether oxygens (including phenoxy) is 1. The first-order valence-electron chi connectivity index (χ1n) is 14.1. The fraction of sp³-hybridized carbons (Fsp3) is 0.533. The minimum absolute atomic E-state index is 0.00296. The van der Waals surface area contributed by atoms with Crippen LogP contribution >= 0.6 is 0 Å². The first-order chi connectivity index (χ1) is 19.1. The number of amides is 2. The van der Waals surface area contributed by atoms with Crippen LogP contribution in [0.15, 0.2) is 47.4 Å². The van der Waals surface area contributed by atoms with Crippen molar-refractivity contribution in [3.63, 3.8) is 0 Å². The lowest BCUT2D eigenvalue weighted by molar-refractivity contribution is -0.122. The molecule has 1 heterocycles. The maximum absolute atomic E-state index is 13.4. The second kappa shape index (κ2) is 15.2. The van der Waals surface area contributed by atoms with Gasteiger partial charge in [0.15, 0.2) is 0 Å². The highest BCUT2D eigenvalue weighted by atomic mass is 32.2. The number of nitrogens with one attached hydrogen (secondary N) is 2. The predicted molar refractivity (Wildman–Crippen MR) is 157 cm³/mol. The molecule has 40 heavy (non-hydrogen) atoms. The molecule has 220 valence electrons. The van der Waals surface area contributed by atoms with Gasteiger partial charge in [0.2, 0.25) is 15.9 Å². The maximum Gasteiger partial charge on any atom is 0.251 e. The molecule has 1 aliphatic heterocycles. The average Bonchev–Trinajstić information content (AvgIpc) is 2.93. The van der Waals surface area contributed by atoms with Crippen LogP contribution in [0.5, 0.6) is 5.75 Å². The summed E-state index contributed by atoms with van der Waals surface area (Å²) < 4.78 is 32.0. The summed E-state index contributed by atoms with van der Waals surface area (Å²) in [6.07, 6.45) is 4.23. The molecule has 0 aromatic heterocycles. The van der Waals surface area contributed by atoms with E-state index in [1.807, 2.05) is 12.1 Å². The van der Waals surface area contributed by atoms with E-state index in [1.54, 1.807) is 30.3 Å². The highest BCUT2D eigenvalue weighted by Crippen LogP contribution is 2.26. The zero-order chi connectivity index (χ0) is 29.1. The van der Waals surface area contributed by atoms with Gasteiger partial charge in [-0.15, -0.1) is 0 Å². The van der Waals surface area contributed by atoms with Crippen molar-refractivity contribution in [3.8, 4) is 5.75 Å². The maximum atomic E-state index is 13.4. The van der Waals surface area contributed by atoms with E-state index >= 15 is 0 Å². The lowest BCUT2D eigenvalue weighted by Gasteiger charge is -2.25. The molecule has 2 aromatic rings. The van der Waals surface area contributed by atoms with Crippen LogP contribution in [0.2, 0.25) is 0 Å². The number of sulfonamides is 1. The summed E-state index contributed by atoms with van der Waals surface area (Å²) in [6, 6.07) is 12.3. The summed E-state index contributed by atoms with van der Waals surface area (Å²) in [5, 5.41) is 6.04. The Labute approximate surface area is 239 Å². The molecule has 0 spiro atoms. The molecule has 2 N–H and O–H groups in total. The highest BCUT2D eigenvalue weighted by molar-refractivity contribution is 7.89. The number of carbonyl (C=O) groups excluding carboxylic acids is 2. The smallest absolute Gasteiger partial charge is 0.251 e. The normalized spacial score (nSPS) is 15.8. The Morgan fingerprint density at radius 2 is 1.82 bits per heavy atom. The van der Waals surface area contributed by atoms with Crippen molar-refractivity contribution in [3.05, 3.63) is 59.2 Å². The summed E-state index contributed by atoms with van der Waals surface area (Å²) >= 11 is 0. The largest absolute Gasteiger partial charge is 0.493 e. The van der Waals surface area contributed by atoms with E-state index in [9.17, 15) is 18.0 Å². The molecule has 9 nitrogen and oxygen atoms in total. The van der Waals surface area contributed by atoms with Crippen molar-refractivity contribution in [2.24, 2.45) is 5.92 Å². The third kappa shape index (κ3) is 9.31. The molecule has 2 amide bonds. The second-order valence-corrected chi connectivity index (χ2v) is 13.0. The van der Waals surface area contributed by atoms with E-state index < -0.39 is 10.0 Å². The number of hydrogen-bond acceptors (Lipinski definition) is 6. The third-order valence-corrected chi connectivity index (χ3v) is 8.78. The molecule has 0 radical (unpaired) electrons. The molecule has 0 saturated carbocycles. The standard InChI is InChI=1S/C30H44N4O5S/c1-23(2)16-19-34-21-27-26(9-8-10-28(27)39-20-7-5-6-17-31-29(35)22-34)30(36)32-18-15-24-11-13-25(14-12-24)40(37,38)33(3)4/h8-14,23H,5-7,15-22H2,1-4H3,(H,31,35)(H,32,36). The van der Waals surface area contributed by atoms with Crippen LogP contribution in [0, 0.1) is 5.92 Å². The second-order valence-electron chi connectivity index (χ2n) is 10.9. The molecule has 1 aliphatic rings. The predicted octanol–water partition coefficient (Wildman–Crippen LogP) is 3.44. The van der Waals surface area contributed by atoms with E-state index in [2.05, 4.69) is 29.4 Å². The van der Waals surface area contributed by atoms with E-state index in [1.165, 1.54) is 18.4 Å². The lowest BCUT2D eigenvalue weighted by Crippen LogP contribution is -2.38. The summed E-state index contributed by atoms with van der Waals surface area (Å²) in [4.78, 5) is 28.4. The Balaban J connectivity index is 1.75. The highest BCUT2D eigenvalue weighted by Gasteiger charge is 2.21. The van der Waals surface area contributed by atoms with Gasteiger partial charge in [-0.25, -0.2) is 12.7 Å². The van der Waals surface area contributed by atoms with E-state index in [0.29, 0.717) is 49.9 Å². The molecule has 0 fully saturated rings. The van der Waals surface area contributed by atoms with Crippen molar-refractivity contribution in [2.45, 2.75) is 57.4 Å². The van der Waals surface area contributed by atoms with Crippen LogP contribution in [0.4, 0.5) is 0 Å². The number of nitrogens with zero attached hydrogens (tertiary/aromatic N) is 2. The molecule has 0 atom stereocenters. The average molecular weight is 573 g/mol. The summed E-state index contributed by atoms with van der Waals surface area (Å²) in [6.45, 7) is 7.35. The Morgan fingerprint density at radius 3 is 2.52 bits per heavy atom. The number of rotatable bonds is 9. The zero-order valence-corrected chi connectivity index (χ0v) is 25.1. The molecule has 10 heteroatoms. The number of benzene rings is 2. The van der Waals surface area contributed by atoms with E-state index in [-0.39, 0.29) is 23.3 Å². The number of carbonyl (C=O) groups is 2. The Kier molecular flexibility index (Phi) is 12.0. The van der Waals surface area contributed by atoms with Gasteiger partial charge >= 0.3 is 0 Å². The number of hydrogen-bond donors (Lipinski definition) is 2. The molecular weight excluding hydrogens is 528 g/mol. The minimum Gasteiger partial charge on any atom is -0.493 e. The molecular formula is C30H44N4O5S. The molecule has 0 saturated heterocycles. The monoisotopic (exact) mass is 572 g/mol. The fourth-order valence-corrected chi connectivity index (χ4v) is 5.38. The SMILES string of the molecule is CC(C)CCN1CC(=O)NCCCCCOc2cccc(C(=O)NCCc3ccc(S(=O)(=O)N(C)C)cc3)c2C1. The van der Waals surface area contributed by atoms with Crippen LogP contribution < -0.4 is 15.4 Å². The summed E-state index contributed by atoms with van der Waals surface area (Å²) in [5.41, 5.74) is 2.25. The molecule has 3 rings (SSSR count). The van der Waals surface area contributed by atoms with Crippen LogP contribution in [0.1, 0.15) is 61.0 Å². The van der Waals surface area contributed by atoms with Gasteiger partial charge in [0.25, 0.3) is 5.91 Å². The van der Waals surface area contributed by atoms with Crippen LogP contribution in [0.25, 0.3) is 0 Å². The van der Waals surface area contributed by atoms with Gasteiger partial charge in [-0.05, 0) is 74.4 Å². The van der Waals surface area contributed by atoms with E-state index in [4.69, 9.17) is 4.74 Å². The van der Waals surface area contributed by atoms with Crippen molar-refractivity contribution < 1.29 is 22.7 Å². The van der Waals surface area contributed by atoms with Crippen molar-refractivity contribution in [1.29, 1.82) is 0 Å². The van der Waals surface area contributed by atoms with Crippen LogP contribution in [0.3, 0.4) is 0 Å². The summed E-state index contributed by atoms with van der Waals surface area (Å²) in [7, 11) is -0.480. The fourth-order valence-electron chi connectivity index (χ4n) is 4.48. The third-order valence-electron chi connectivity index (χ3n) is 6.95. The van der Waals surface area contributed by atoms with Gasteiger partial charge in [0.05, 0.1) is 18.0 Å². The van der Waals surface area contributed by atoms with Crippen LogP contribution in [-0.4, -0.2) is 76.3 Å². The van der Waals surface area contributed by atoms with Gasteiger partial charge in [-0.2, -0.15) is 0 Å². The molecule has 0 unspecified atom stereocenters. The molecule has 2 aromatic carbocycles. The quantitative estimate of drug-likeness (QED) is 0.477. The zero-order valence-electron chi connectivity index (χ0n) is 24.2. The van der Waals surface area contributed by atoms with Gasteiger partial charge in [0, 0.05) is 44.9 Å². The van der Waals surface area contributed by atoms with Gasteiger partial charge < -0.3 is 15.4 Å².